The topological polar surface area (TPSA) is 226 Å². The molecule has 0 saturated carbocycles. The molecule has 4 aromatic rings. The number of nitrogens with one attached hydrogen (secondary N) is 1. The van der Waals surface area contributed by atoms with E-state index >= 15 is 0 Å². The van der Waals surface area contributed by atoms with Crippen LogP contribution < -0.4 is 24.3 Å². The van der Waals surface area contributed by atoms with Gasteiger partial charge in [0, 0.05) is 46.3 Å². The van der Waals surface area contributed by atoms with Gasteiger partial charge in [0.2, 0.25) is 5.91 Å². The van der Waals surface area contributed by atoms with Crippen molar-refractivity contribution < 1.29 is 76.6 Å². The Morgan fingerprint density at radius 1 is 0.611 bits per heavy atom. The molecular formula is C49H49I6NO16. The van der Waals surface area contributed by atoms with Crippen molar-refractivity contribution in [3.8, 4) is 23.0 Å². The number of hydrogen-bond acceptors (Lipinski definition) is 16. The highest BCUT2D eigenvalue weighted by Crippen LogP contribution is 2.35. The van der Waals surface area contributed by atoms with Gasteiger partial charge in [0.15, 0.2) is 29.8 Å². The summed E-state index contributed by atoms with van der Waals surface area (Å²) < 4.78 is 45.8. The normalized spacial score (nSPS) is 11.2. The monoisotopic (exact) mass is 1670 g/mol. The lowest BCUT2D eigenvalue weighted by atomic mass is 9.98. The smallest absolute Gasteiger partial charge is 0.466 e. The van der Waals surface area contributed by atoms with E-state index in [1.165, 1.54) is 14.0 Å². The van der Waals surface area contributed by atoms with Crippen LogP contribution in [0.3, 0.4) is 0 Å². The number of Topliss-reactive ketones (excluding diaryl/α,β-unsaturated/α-hetero) is 1. The highest BCUT2D eigenvalue weighted by atomic mass is 127. The predicted molar refractivity (Wildman–Crippen MR) is 312 cm³/mol. The van der Waals surface area contributed by atoms with Crippen LogP contribution in [0, 0.1) is 28.3 Å². The van der Waals surface area contributed by atoms with Gasteiger partial charge in [-0.1, -0.05) is 12.1 Å². The van der Waals surface area contributed by atoms with Gasteiger partial charge in [-0.25, -0.2) is 9.59 Å². The molecule has 0 fully saturated rings. The van der Waals surface area contributed by atoms with Gasteiger partial charge in [-0.3, -0.25) is 24.0 Å². The fourth-order valence-corrected chi connectivity index (χ4v) is 12.8. The van der Waals surface area contributed by atoms with E-state index in [0.29, 0.717) is 63.3 Å². The van der Waals surface area contributed by atoms with Crippen molar-refractivity contribution in [2.45, 2.75) is 84.1 Å². The second-order valence-corrected chi connectivity index (χ2v) is 22.5. The van der Waals surface area contributed by atoms with Crippen LogP contribution in [-0.2, 0) is 68.6 Å². The van der Waals surface area contributed by atoms with Crippen molar-refractivity contribution >= 4 is 177 Å². The van der Waals surface area contributed by atoms with Crippen molar-refractivity contribution in [3.05, 3.63) is 104 Å². The molecule has 0 heterocycles. The number of carbonyl (C=O) groups excluding carboxylic acids is 7. The zero-order valence-electron chi connectivity index (χ0n) is 39.0. The molecule has 0 bridgehead atoms. The number of aliphatic hydroxyl groups excluding tert-OH is 1. The average Bonchev–Trinajstić information content (AvgIpc) is 3.32. The summed E-state index contributed by atoms with van der Waals surface area (Å²) in [5.41, 5.74) is 3.81. The lowest BCUT2D eigenvalue weighted by molar-refractivity contribution is -0.146. The minimum absolute atomic E-state index is 0.0342. The molecule has 0 saturated heterocycles. The third-order valence-electron chi connectivity index (χ3n) is 10.1. The molecule has 4 rings (SSSR count). The highest BCUT2D eigenvalue weighted by Gasteiger charge is 2.24. The van der Waals surface area contributed by atoms with E-state index in [-0.39, 0.29) is 93.6 Å². The van der Waals surface area contributed by atoms with Gasteiger partial charge in [-0.05, 0) is 245 Å². The van der Waals surface area contributed by atoms with Crippen molar-refractivity contribution in [1.29, 1.82) is 0 Å². The number of unbranched alkanes of at least 4 members (excludes halogenated alkanes) is 1. The number of esters is 3. The molecule has 0 aliphatic heterocycles. The summed E-state index contributed by atoms with van der Waals surface area (Å²) in [5.74, 6) is -0.526. The first-order chi connectivity index (χ1) is 34.3. The van der Waals surface area contributed by atoms with E-state index in [0.717, 1.165) is 23.8 Å². The van der Waals surface area contributed by atoms with E-state index in [9.17, 15) is 38.7 Å². The van der Waals surface area contributed by atoms with Crippen LogP contribution in [0.2, 0.25) is 0 Å². The number of ketones is 1. The number of amides is 1. The molecule has 0 aliphatic rings. The molecule has 2 N–H and O–H groups in total. The summed E-state index contributed by atoms with van der Waals surface area (Å²) in [4.78, 5) is 88.0. The number of hydrogen-bond donors (Lipinski definition) is 2. The summed E-state index contributed by atoms with van der Waals surface area (Å²) in [6.07, 6.45) is 0.645. The number of carbonyl (C=O) groups is 7. The van der Waals surface area contributed by atoms with Crippen molar-refractivity contribution in [1.82, 2.24) is 5.32 Å². The van der Waals surface area contributed by atoms with Crippen molar-refractivity contribution in [2.24, 2.45) is 0 Å². The quantitative estimate of drug-likeness (QED) is 0.0113. The number of aliphatic hydroxyl groups is 1. The van der Waals surface area contributed by atoms with Gasteiger partial charge in [0.25, 0.3) is 0 Å². The zero-order valence-corrected chi connectivity index (χ0v) is 52.0. The number of benzene rings is 4. The standard InChI is InChI=1S/C49H49I6NO16/c1-27-32(25-43(62)67-18-6-17-66-42(61)15-11-31-21-34(50)45(35(51)22-31)69-28(2)58)24-38(54)47(44(27)55)72-49(64)71-46-36(52)19-30(20-37(46)53)10-14-41(60)56-39(40(59)7-4-5-16-57)23-29-8-12-33(13-9-29)70-48(63)68-26-65-3/h8-9,12-13,19-22,24,39,57H,4-7,10-11,14-18,23,25-26H2,1-3H3,(H,56,60). The van der Waals surface area contributed by atoms with Crippen molar-refractivity contribution in [2.75, 3.05) is 33.7 Å². The number of ether oxygens (including phenoxy) is 8. The summed E-state index contributed by atoms with van der Waals surface area (Å²) in [6, 6.07) is 14.7. The third-order valence-corrected chi connectivity index (χ3v) is 15.4. The first kappa shape index (κ1) is 61.8. The van der Waals surface area contributed by atoms with Crippen molar-refractivity contribution in [3.63, 3.8) is 0 Å². The number of rotatable bonds is 26. The van der Waals surface area contributed by atoms with Crippen LogP contribution >= 0.6 is 136 Å². The molecule has 388 valence electrons. The molecule has 0 spiro atoms. The highest BCUT2D eigenvalue weighted by molar-refractivity contribution is 14.1. The Hall–Kier alpha value is -2.73. The summed E-state index contributed by atoms with van der Waals surface area (Å²) in [7, 11) is 1.37. The summed E-state index contributed by atoms with van der Waals surface area (Å²) >= 11 is 12.3. The van der Waals surface area contributed by atoms with Gasteiger partial charge in [-0.15, -0.1) is 0 Å². The maximum atomic E-state index is 13.3. The fraction of sp³-hybridized carbons (Fsp3) is 0.367. The Kier molecular flexibility index (Phi) is 27.5. The molecule has 0 aliphatic carbocycles. The van der Waals surface area contributed by atoms with Gasteiger partial charge < -0.3 is 48.3 Å². The maximum Gasteiger partial charge on any atom is 0.519 e. The van der Waals surface area contributed by atoms with E-state index in [1.54, 1.807) is 49.4 Å². The molecule has 0 aromatic heterocycles. The SMILES string of the molecule is COCOC(=O)Oc1ccc(CC(NC(=O)CCc2cc(I)c(OC(=O)Oc3c(I)cc(CC(=O)OCCCOC(=O)CCc4cc(I)c(OC(C)=O)c(I)c4)c(C)c3I)c(I)c2)C(=O)CCCCO)cc1. The third kappa shape index (κ3) is 21.1. The Morgan fingerprint density at radius 3 is 1.75 bits per heavy atom. The first-order valence-corrected chi connectivity index (χ1v) is 28.4. The fourth-order valence-electron chi connectivity index (χ4n) is 6.53. The van der Waals surface area contributed by atoms with Gasteiger partial charge in [0.1, 0.15) is 5.75 Å². The molecule has 72 heavy (non-hydrogen) atoms. The number of aryl methyl sites for hydroxylation is 2. The minimum Gasteiger partial charge on any atom is -0.466 e. The Bertz CT molecular complexity index is 2550. The molecule has 1 unspecified atom stereocenters. The van der Waals surface area contributed by atoms with Gasteiger partial charge >= 0.3 is 30.2 Å². The van der Waals surface area contributed by atoms with Crippen LogP contribution in [0.15, 0.2) is 54.6 Å². The second kappa shape index (κ2) is 32.0. The second-order valence-electron chi connectivity index (χ2n) is 15.6. The van der Waals surface area contributed by atoms with Crippen LogP contribution in [0.4, 0.5) is 9.59 Å². The molecule has 0 radical (unpaired) electrons. The lowest BCUT2D eigenvalue weighted by Crippen LogP contribution is -2.42. The summed E-state index contributed by atoms with van der Waals surface area (Å²) in [6.45, 7) is 2.97. The Labute approximate surface area is 498 Å². The molecule has 23 heteroatoms. The summed E-state index contributed by atoms with van der Waals surface area (Å²) in [5, 5.41) is 12.1. The van der Waals surface area contributed by atoms with Crippen LogP contribution in [0.5, 0.6) is 23.0 Å². The van der Waals surface area contributed by atoms with E-state index < -0.39 is 30.3 Å². The number of halogens is 6. The number of methoxy groups -OCH3 is 1. The Morgan fingerprint density at radius 2 is 1.17 bits per heavy atom. The largest absolute Gasteiger partial charge is 0.519 e. The average molecular weight is 1670 g/mol. The minimum atomic E-state index is -0.970. The molecule has 1 atom stereocenters. The lowest BCUT2D eigenvalue weighted by Gasteiger charge is -2.18. The maximum absolute atomic E-state index is 13.3. The van der Waals surface area contributed by atoms with Crippen LogP contribution in [0.25, 0.3) is 0 Å². The zero-order chi connectivity index (χ0) is 52.9. The molecule has 17 nitrogen and oxygen atoms in total. The predicted octanol–water partition coefficient (Wildman–Crippen LogP) is 10.3. The van der Waals surface area contributed by atoms with Gasteiger partial charge in [0.05, 0.1) is 47.1 Å². The first-order valence-electron chi connectivity index (χ1n) is 22.0. The van der Waals surface area contributed by atoms with Crippen LogP contribution in [0.1, 0.15) is 73.3 Å². The molecular weight excluding hydrogens is 1620 g/mol. The van der Waals surface area contributed by atoms with E-state index in [1.807, 2.05) is 79.9 Å². The molecule has 1 amide bonds. The van der Waals surface area contributed by atoms with E-state index in [4.69, 9.17) is 37.9 Å². The molecule has 4 aromatic carbocycles. The van der Waals surface area contributed by atoms with E-state index in [2.05, 4.69) is 73.1 Å². The van der Waals surface area contributed by atoms with Crippen LogP contribution in [-0.4, -0.2) is 86.8 Å². The Balaban J connectivity index is 1.25. The van der Waals surface area contributed by atoms with Gasteiger partial charge in [-0.2, -0.15) is 0 Å².